The van der Waals surface area contributed by atoms with Crippen molar-refractivity contribution >= 4 is 39.1 Å². The molecule has 0 aliphatic carbocycles. The van der Waals surface area contributed by atoms with Gasteiger partial charge in [0, 0.05) is 18.7 Å². The molecular formula is C18H22ClN4O3S+. The molecule has 2 saturated heterocycles. The average molecular weight is 410 g/mol. The van der Waals surface area contributed by atoms with Gasteiger partial charge in [-0.15, -0.1) is 0 Å². The number of imidazole rings is 1. The summed E-state index contributed by atoms with van der Waals surface area (Å²) >= 11 is 6.19. The number of quaternary nitrogens is 1. The molecule has 9 heteroatoms. The summed E-state index contributed by atoms with van der Waals surface area (Å²) in [6, 6.07) is 5.81. The third-order valence-electron chi connectivity index (χ3n) is 5.43. The fourth-order valence-corrected chi connectivity index (χ4v) is 6.00. The van der Waals surface area contributed by atoms with Crippen molar-refractivity contribution in [2.45, 2.75) is 12.5 Å². The van der Waals surface area contributed by atoms with Crippen LogP contribution in [0.4, 0.5) is 0 Å². The predicted molar refractivity (Wildman–Crippen MR) is 104 cm³/mol. The monoisotopic (exact) mass is 409 g/mol. The fourth-order valence-electron chi connectivity index (χ4n) is 3.93. The SMILES string of the molecule is O=C(/C=C/c1c(Cl)nc2ccccn12)N1CC[NH+]([C@H]2CCS(=O)(=O)C2)CC1. The molecule has 1 atom stereocenters. The van der Waals surface area contributed by atoms with Gasteiger partial charge in [-0.3, -0.25) is 9.20 Å². The molecule has 2 aromatic rings. The highest BCUT2D eigenvalue weighted by Gasteiger charge is 2.37. The zero-order valence-electron chi connectivity index (χ0n) is 14.8. The Morgan fingerprint density at radius 1 is 1.30 bits per heavy atom. The van der Waals surface area contributed by atoms with E-state index < -0.39 is 9.84 Å². The summed E-state index contributed by atoms with van der Waals surface area (Å²) in [4.78, 5) is 19.9. The topological polar surface area (TPSA) is 76.2 Å². The van der Waals surface area contributed by atoms with Gasteiger partial charge in [-0.25, -0.2) is 13.4 Å². The second-order valence-electron chi connectivity index (χ2n) is 7.13. The molecule has 2 aliphatic heterocycles. The van der Waals surface area contributed by atoms with Crippen LogP contribution in [0.1, 0.15) is 12.1 Å². The Hall–Kier alpha value is -1.90. The Balaban J connectivity index is 1.38. The van der Waals surface area contributed by atoms with Gasteiger partial charge < -0.3 is 9.80 Å². The molecule has 0 unspecified atom stereocenters. The van der Waals surface area contributed by atoms with Crippen LogP contribution in [-0.2, 0) is 14.6 Å². The minimum Gasteiger partial charge on any atom is -0.329 e. The van der Waals surface area contributed by atoms with Crippen molar-refractivity contribution in [3.8, 4) is 0 Å². The van der Waals surface area contributed by atoms with Gasteiger partial charge in [-0.2, -0.15) is 0 Å². The van der Waals surface area contributed by atoms with Crippen molar-refractivity contribution in [1.82, 2.24) is 14.3 Å². The van der Waals surface area contributed by atoms with E-state index in [-0.39, 0.29) is 17.7 Å². The number of piperazine rings is 1. The van der Waals surface area contributed by atoms with E-state index in [2.05, 4.69) is 4.98 Å². The van der Waals surface area contributed by atoms with Crippen LogP contribution in [-0.4, -0.2) is 72.3 Å². The van der Waals surface area contributed by atoms with Crippen LogP contribution in [0.5, 0.6) is 0 Å². The van der Waals surface area contributed by atoms with E-state index in [1.807, 2.05) is 28.8 Å². The molecule has 0 spiro atoms. The zero-order chi connectivity index (χ0) is 19.0. The van der Waals surface area contributed by atoms with Gasteiger partial charge in [0.25, 0.3) is 0 Å². The summed E-state index contributed by atoms with van der Waals surface area (Å²) in [6.45, 7) is 2.85. The molecule has 4 rings (SSSR count). The summed E-state index contributed by atoms with van der Waals surface area (Å²) in [5, 5.41) is 0.363. The van der Waals surface area contributed by atoms with Crippen LogP contribution < -0.4 is 4.90 Å². The first-order chi connectivity index (χ1) is 12.9. The summed E-state index contributed by atoms with van der Waals surface area (Å²) in [5.41, 5.74) is 1.42. The Kier molecular flexibility index (Phi) is 4.96. The highest BCUT2D eigenvalue weighted by atomic mass is 35.5. The molecule has 1 N–H and O–H groups in total. The van der Waals surface area contributed by atoms with Crippen molar-refractivity contribution in [2.24, 2.45) is 0 Å². The highest BCUT2D eigenvalue weighted by molar-refractivity contribution is 7.91. The predicted octanol–water partition coefficient (Wildman–Crippen LogP) is -0.0849. The number of hydrogen-bond acceptors (Lipinski definition) is 4. The molecule has 0 radical (unpaired) electrons. The van der Waals surface area contributed by atoms with Crippen LogP contribution in [0, 0.1) is 0 Å². The molecule has 1 amide bonds. The maximum absolute atomic E-state index is 12.5. The zero-order valence-corrected chi connectivity index (χ0v) is 16.4. The van der Waals surface area contributed by atoms with Gasteiger partial charge in [0.1, 0.15) is 17.4 Å². The van der Waals surface area contributed by atoms with Crippen LogP contribution in [0.2, 0.25) is 5.15 Å². The summed E-state index contributed by atoms with van der Waals surface area (Å²) < 4.78 is 25.2. The number of amides is 1. The molecule has 27 heavy (non-hydrogen) atoms. The molecule has 144 valence electrons. The molecule has 0 saturated carbocycles. The molecule has 0 bridgehead atoms. The lowest BCUT2D eigenvalue weighted by Crippen LogP contribution is -3.18. The van der Waals surface area contributed by atoms with Gasteiger partial charge in [-0.05, 0) is 18.2 Å². The number of pyridine rings is 1. The Bertz CT molecular complexity index is 993. The van der Waals surface area contributed by atoms with Gasteiger partial charge in [-0.1, -0.05) is 17.7 Å². The largest absolute Gasteiger partial charge is 0.329 e. The Labute approximate surface area is 163 Å². The number of fused-ring (bicyclic) bond motifs is 1. The first-order valence-electron chi connectivity index (χ1n) is 9.07. The third-order valence-corrected chi connectivity index (χ3v) is 7.48. The van der Waals surface area contributed by atoms with Gasteiger partial charge in [0.2, 0.25) is 5.91 Å². The number of nitrogens with one attached hydrogen (secondary N) is 1. The quantitative estimate of drug-likeness (QED) is 0.719. The van der Waals surface area contributed by atoms with Gasteiger partial charge in [0.15, 0.2) is 15.0 Å². The standard InChI is InChI=1S/C18H21ClN4O3S/c19-18-15(23-7-2-1-3-16(23)20-18)4-5-17(24)22-10-8-21(9-11-22)14-6-12-27(25,26)13-14/h1-5,7,14H,6,8-13H2/p+1/b5-4+/t14-/m0/s1. The van der Waals surface area contributed by atoms with E-state index >= 15 is 0 Å². The number of carbonyl (C=O) groups excluding carboxylic acids is 1. The van der Waals surface area contributed by atoms with Gasteiger partial charge >= 0.3 is 0 Å². The molecule has 7 nitrogen and oxygen atoms in total. The van der Waals surface area contributed by atoms with E-state index in [4.69, 9.17) is 11.6 Å². The molecular weight excluding hydrogens is 388 g/mol. The van der Waals surface area contributed by atoms with Crippen molar-refractivity contribution < 1.29 is 18.1 Å². The number of sulfone groups is 1. The lowest BCUT2D eigenvalue weighted by molar-refractivity contribution is -0.925. The molecule has 0 aromatic carbocycles. The van der Waals surface area contributed by atoms with E-state index in [1.165, 1.54) is 11.0 Å². The van der Waals surface area contributed by atoms with E-state index in [9.17, 15) is 13.2 Å². The maximum atomic E-state index is 12.5. The normalized spacial score (nSPS) is 23.4. The minimum atomic E-state index is -2.86. The van der Waals surface area contributed by atoms with Crippen LogP contribution >= 0.6 is 11.6 Å². The third kappa shape index (κ3) is 3.88. The summed E-state index contributed by atoms with van der Waals surface area (Å²) in [5.74, 6) is 0.519. The summed E-state index contributed by atoms with van der Waals surface area (Å²) in [6.07, 6.45) is 5.83. The molecule has 2 aromatic heterocycles. The number of aromatic nitrogens is 2. The Morgan fingerprint density at radius 2 is 2.07 bits per heavy atom. The molecule has 2 aliphatic rings. The van der Waals surface area contributed by atoms with Crippen LogP contribution in [0.25, 0.3) is 11.7 Å². The summed E-state index contributed by atoms with van der Waals surface area (Å²) in [7, 11) is -2.86. The number of nitrogens with zero attached hydrogens (tertiary/aromatic N) is 3. The van der Waals surface area contributed by atoms with E-state index in [0.717, 1.165) is 25.2 Å². The Morgan fingerprint density at radius 3 is 2.78 bits per heavy atom. The first-order valence-corrected chi connectivity index (χ1v) is 11.3. The molecule has 4 heterocycles. The lowest BCUT2D eigenvalue weighted by Gasteiger charge is -2.34. The minimum absolute atomic E-state index is 0.0601. The van der Waals surface area contributed by atoms with E-state index in [0.29, 0.717) is 29.7 Å². The number of hydrogen-bond donors (Lipinski definition) is 1. The second kappa shape index (κ2) is 7.26. The van der Waals surface area contributed by atoms with Crippen molar-refractivity contribution in [2.75, 3.05) is 37.7 Å². The van der Waals surface area contributed by atoms with Crippen molar-refractivity contribution in [3.63, 3.8) is 0 Å². The smallest absolute Gasteiger partial charge is 0.247 e. The van der Waals surface area contributed by atoms with Crippen molar-refractivity contribution in [1.29, 1.82) is 0 Å². The van der Waals surface area contributed by atoms with E-state index in [1.54, 1.807) is 11.0 Å². The number of carbonyl (C=O) groups is 1. The molecule has 2 fully saturated rings. The second-order valence-corrected chi connectivity index (χ2v) is 9.72. The number of halogens is 1. The maximum Gasteiger partial charge on any atom is 0.247 e. The van der Waals surface area contributed by atoms with Crippen molar-refractivity contribution in [3.05, 3.63) is 41.3 Å². The first kappa shape index (κ1) is 18.5. The van der Waals surface area contributed by atoms with Gasteiger partial charge in [0.05, 0.1) is 37.6 Å². The fraction of sp³-hybridized carbons (Fsp3) is 0.444. The number of rotatable bonds is 3. The lowest BCUT2D eigenvalue weighted by atomic mass is 10.2. The van der Waals surface area contributed by atoms with Crippen LogP contribution in [0.3, 0.4) is 0 Å². The highest BCUT2D eigenvalue weighted by Crippen LogP contribution is 2.19. The van der Waals surface area contributed by atoms with Crippen LogP contribution in [0.15, 0.2) is 30.5 Å². The average Bonchev–Trinajstić information content (AvgIpc) is 3.18.